The maximum Gasteiger partial charge on any atom is 0.0953 e. The molecule has 0 radical (unpaired) electrons. The zero-order valence-electron chi connectivity index (χ0n) is 17.2. The lowest BCUT2D eigenvalue weighted by Crippen LogP contribution is -2.25. The molecule has 0 saturated carbocycles. The molecule has 34 heavy (non-hydrogen) atoms. The summed E-state index contributed by atoms with van der Waals surface area (Å²) in [5.74, 6) is 0. The monoisotopic (exact) mass is 588 g/mol. The van der Waals surface area contributed by atoms with Crippen LogP contribution in [0.3, 0.4) is 0 Å². The molecule has 0 spiro atoms. The van der Waals surface area contributed by atoms with Gasteiger partial charge in [-0.15, -0.1) is 47.0 Å². The van der Waals surface area contributed by atoms with E-state index < -0.39 is 0 Å². The van der Waals surface area contributed by atoms with Gasteiger partial charge in [-0.3, -0.25) is 0 Å². The normalized spacial score (nSPS) is 27.6. The van der Waals surface area contributed by atoms with Gasteiger partial charge in [-0.25, -0.2) is 0 Å². The molecule has 12 heteroatoms. The molecule has 4 aliphatic heterocycles. The van der Waals surface area contributed by atoms with E-state index in [1.165, 1.54) is 0 Å². The average Bonchev–Trinajstić information content (AvgIpc) is 3.48. The van der Waals surface area contributed by atoms with Gasteiger partial charge in [-0.2, -0.15) is 21.0 Å². The van der Waals surface area contributed by atoms with Crippen LogP contribution in [0.5, 0.6) is 0 Å². The van der Waals surface area contributed by atoms with Crippen LogP contribution in [0.1, 0.15) is 0 Å². The Kier molecular flexibility index (Phi) is 8.35. The summed E-state index contributed by atoms with van der Waals surface area (Å²) in [5, 5.41) is 36.8. The Bertz CT molecular complexity index is 1110. The molecule has 0 amide bonds. The smallest absolute Gasteiger partial charge is 0.0953 e. The number of nitriles is 4. The molecule has 4 nitrogen and oxygen atoms in total. The summed E-state index contributed by atoms with van der Waals surface area (Å²) >= 11 is 13.1. The van der Waals surface area contributed by atoms with Gasteiger partial charge in [-0.05, 0) is 0 Å². The highest BCUT2D eigenvalue weighted by molar-refractivity contribution is 8.46. The zero-order valence-corrected chi connectivity index (χ0v) is 23.7. The summed E-state index contributed by atoms with van der Waals surface area (Å²) in [6.07, 6.45) is 0. The molecule has 0 bridgehead atoms. The van der Waals surface area contributed by atoms with Crippen LogP contribution in [0.4, 0.5) is 0 Å². The Labute approximate surface area is 232 Å². The fraction of sp³-hybridized carbons (Fsp3) is 0.182. The number of nitrogens with zero attached hydrogens (tertiary/aromatic N) is 4. The van der Waals surface area contributed by atoms with Crippen LogP contribution in [-0.4, -0.2) is 21.0 Å². The summed E-state index contributed by atoms with van der Waals surface area (Å²) in [6, 6.07) is 8.60. The van der Waals surface area contributed by atoms with E-state index in [9.17, 15) is 21.0 Å². The van der Waals surface area contributed by atoms with Gasteiger partial charge in [0.15, 0.2) is 0 Å². The number of hydrogen-bond donors (Lipinski definition) is 0. The van der Waals surface area contributed by atoms with Crippen molar-refractivity contribution < 1.29 is 0 Å². The summed E-state index contributed by atoms with van der Waals surface area (Å²) in [6.45, 7) is 15.6. The van der Waals surface area contributed by atoms with Gasteiger partial charge in [0.05, 0.1) is 70.7 Å². The van der Waals surface area contributed by atoms with Crippen molar-refractivity contribution in [3.8, 4) is 24.3 Å². The van der Waals surface area contributed by atoms with Gasteiger partial charge < -0.3 is 0 Å². The lowest BCUT2D eigenvalue weighted by Gasteiger charge is -2.29. The average molecular weight is 589 g/mol. The quantitative estimate of drug-likeness (QED) is 0.297. The molecular weight excluding hydrogens is 577 g/mol. The standard InChI is InChI=1S/C22H12N4S8/c1-9(5-23)13-14(10(2)6-24)28-18-17(27-13)31-21(32-18)22-33-19-20(34-22)30-16(12(4)8-26)15(29-19)11(3)7-25/h13-16H,1-4H2. The molecule has 168 valence electrons. The second-order valence-electron chi connectivity index (χ2n) is 6.83. The minimum atomic E-state index is -0.213. The second-order valence-corrected chi connectivity index (χ2v) is 17.1. The summed E-state index contributed by atoms with van der Waals surface area (Å²) < 4.78 is 6.81. The first-order valence-electron chi connectivity index (χ1n) is 9.27. The third-order valence-corrected chi connectivity index (χ3v) is 17.8. The summed E-state index contributed by atoms with van der Waals surface area (Å²) in [5.41, 5.74) is 1.77. The van der Waals surface area contributed by atoms with Crippen molar-refractivity contribution >= 4 is 94.1 Å². The van der Waals surface area contributed by atoms with Crippen molar-refractivity contribution in [2.24, 2.45) is 0 Å². The van der Waals surface area contributed by atoms with E-state index in [-0.39, 0.29) is 21.0 Å². The van der Waals surface area contributed by atoms with Gasteiger partial charge in [0.25, 0.3) is 0 Å². The van der Waals surface area contributed by atoms with Crippen LogP contribution in [0.15, 0.2) is 74.0 Å². The van der Waals surface area contributed by atoms with Gasteiger partial charge in [-0.1, -0.05) is 73.4 Å². The number of thioether (sulfide) groups is 8. The predicted molar refractivity (Wildman–Crippen MR) is 156 cm³/mol. The topological polar surface area (TPSA) is 95.2 Å². The van der Waals surface area contributed by atoms with Crippen LogP contribution in [0, 0.1) is 45.3 Å². The molecule has 0 aliphatic carbocycles. The lowest BCUT2D eigenvalue weighted by atomic mass is 10.1. The van der Waals surface area contributed by atoms with Gasteiger partial charge in [0.2, 0.25) is 0 Å². The van der Waals surface area contributed by atoms with E-state index in [2.05, 4.69) is 50.6 Å². The van der Waals surface area contributed by atoms with Gasteiger partial charge in [0, 0.05) is 22.3 Å². The molecule has 0 fully saturated rings. The highest BCUT2D eigenvalue weighted by atomic mass is 32.3. The first kappa shape index (κ1) is 26.0. The fourth-order valence-corrected chi connectivity index (χ4v) is 16.4. The Hall–Kier alpha value is -1.06. The molecule has 0 N–H and O–H groups in total. The molecular formula is C22H12N4S8. The van der Waals surface area contributed by atoms with E-state index in [4.69, 9.17) is 0 Å². The van der Waals surface area contributed by atoms with E-state index in [1.54, 1.807) is 94.1 Å². The molecule has 4 rings (SSSR count). The zero-order chi connectivity index (χ0) is 24.6. The molecule has 0 saturated heterocycles. The Morgan fingerprint density at radius 1 is 0.441 bits per heavy atom. The third kappa shape index (κ3) is 4.94. The maximum atomic E-state index is 9.41. The first-order valence-corrected chi connectivity index (χ1v) is 16.1. The predicted octanol–water partition coefficient (Wildman–Crippen LogP) is 8.08. The van der Waals surface area contributed by atoms with Crippen molar-refractivity contribution in [1.29, 1.82) is 21.0 Å². The van der Waals surface area contributed by atoms with E-state index in [0.717, 1.165) is 25.4 Å². The van der Waals surface area contributed by atoms with Gasteiger partial charge >= 0.3 is 0 Å². The van der Waals surface area contributed by atoms with Crippen molar-refractivity contribution in [3.05, 3.63) is 74.0 Å². The molecule has 0 aromatic carbocycles. The highest BCUT2D eigenvalue weighted by Crippen LogP contribution is 2.70. The van der Waals surface area contributed by atoms with Crippen molar-refractivity contribution in [1.82, 2.24) is 0 Å². The largest absolute Gasteiger partial charge is 0.193 e. The Balaban J connectivity index is 1.55. The molecule has 4 atom stereocenters. The molecule has 4 aliphatic rings. The third-order valence-electron chi connectivity index (χ3n) is 4.68. The second kappa shape index (κ2) is 10.9. The van der Waals surface area contributed by atoms with Crippen LogP contribution in [0.25, 0.3) is 0 Å². The highest BCUT2D eigenvalue weighted by Gasteiger charge is 2.43. The van der Waals surface area contributed by atoms with E-state index in [1.807, 2.05) is 0 Å². The van der Waals surface area contributed by atoms with Gasteiger partial charge in [0.1, 0.15) is 0 Å². The van der Waals surface area contributed by atoms with Crippen LogP contribution in [-0.2, 0) is 0 Å². The van der Waals surface area contributed by atoms with E-state index >= 15 is 0 Å². The first-order chi connectivity index (χ1) is 16.3. The number of rotatable bonds is 4. The Morgan fingerprint density at radius 2 is 0.647 bits per heavy atom. The van der Waals surface area contributed by atoms with Crippen LogP contribution < -0.4 is 0 Å². The van der Waals surface area contributed by atoms with Crippen LogP contribution >= 0.6 is 94.1 Å². The molecule has 4 unspecified atom stereocenters. The summed E-state index contributed by atoms with van der Waals surface area (Å²) in [4.78, 5) is 0. The summed E-state index contributed by atoms with van der Waals surface area (Å²) in [7, 11) is 0. The molecule has 0 aromatic heterocycles. The minimum absolute atomic E-state index is 0.213. The maximum absolute atomic E-state index is 9.41. The van der Waals surface area contributed by atoms with Crippen LogP contribution in [0.2, 0.25) is 0 Å². The van der Waals surface area contributed by atoms with E-state index in [0.29, 0.717) is 22.3 Å². The van der Waals surface area contributed by atoms with Crippen molar-refractivity contribution in [2.45, 2.75) is 21.0 Å². The lowest BCUT2D eigenvalue weighted by molar-refractivity contribution is 1.03. The SMILES string of the molecule is C=C(C#N)C1SC2=C(SC(=C3SC4=C(S3)SC(C(=C)C#N)C(C(=C)C#N)S4)S2)SC1C(=C)C#N. The fourth-order valence-electron chi connectivity index (χ4n) is 2.98. The van der Waals surface area contributed by atoms with Crippen molar-refractivity contribution in [2.75, 3.05) is 0 Å². The van der Waals surface area contributed by atoms with Crippen molar-refractivity contribution in [3.63, 3.8) is 0 Å². The number of hydrogen-bond acceptors (Lipinski definition) is 12. The minimum Gasteiger partial charge on any atom is -0.193 e. The molecule has 4 heterocycles. The molecule has 0 aromatic rings. The Morgan fingerprint density at radius 3 is 0.824 bits per heavy atom.